The van der Waals surface area contributed by atoms with Crippen LogP contribution in [0, 0.1) is 10.1 Å². The molecule has 0 aliphatic carbocycles. The predicted molar refractivity (Wildman–Crippen MR) is 88.6 cm³/mol. The highest BCUT2D eigenvalue weighted by Gasteiger charge is 2.03. The zero-order valence-corrected chi connectivity index (χ0v) is 12.5. The van der Waals surface area contributed by atoms with Gasteiger partial charge in [0, 0.05) is 18.2 Å². The number of non-ortho nitro benzene ring substituents is 1. The SMILES string of the molecule is O=C(O)/C=C/c1ccc(C=NOCc2ccc([N+](=O)[O-])cc2)cc1. The zero-order chi connectivity index (χ0) is 17.4. The number of hydrogen-bond acceptors (Lipinski definition) is 5. The summed E-state index contributed by atoms with van der Waals surface area (Å²) in [5.74, 6) is -1.000. The first-order chi connectivity index (χ1) is 11.5. The smallest absolute Gasteiger partial charge is 0.328 e. The highest BCUT2D eigenvalue weighted by Crippen LogP contribution is 2.12. The third kappa shape index (κ3) is 5.38. The van der Waals surface area contributed by atoms with Crippen molar-refractivity contribution in [3.8, 4) is 0 Å². The summed E-state index contributed by atoms with van der Waals surface area (Å²) in [4.78, 5) is 25.7. The summed E-state index contributed by atoms with van der Waals surface area (Å²) in [6, 6.07) is 13.1. The Morgan fingerprint density at radius 1 is 1.12 bits per heavy atom. The summed E-state index contributed by atoms with van der Waals surface area (Å²) in [6.45, 7) is 0.202. The molecular weight excluding hydrogens is 312 g/mol. The molecule has 2 aromatic carbocycles. The first kappa shape index (κ1) is 16.9. The van der Waals surface area contributed by atoms with E-state index >= 15 is 0 Å². The third-order valence-electron chi connectivity index (χ3n) is 3.01. The minimum absolute atomic E-state index is 0.0271. The molecule has 0 spiro atoms. The van der Waals surface area contributed by atoms with Crippen molar-refractivity contribution in [3.05, 3.63) is 81.4 Å². The predicted octanol–water partition coefficient (Wildman–Crippen LogP) is 3.24. The number of carboxylic acids is 1. The molecule has 0 fully saturated rings. The lowest BCUT2D eigenvalue weighted by atomic mass is 10.1. The van der Waals surface area contributed by atoms with Gasteiger partial charge >= 0.3 is 5.97 Å². The molecule has 122 valence electrons. The maximum Gasteiger partial charge on any atom is 0.328 e. The number of rotatable bonds is 7. The fourth-order valence-electron chi connectivity index (χ4n) is 1.78. The Kier molecular flexibility index (Phi) is 5.79. The number of nitrogens with zero attached hydrogens (tertiary/aromatic N) is 2. The highest BCUT2D eigenvalue weighted by atomic mass is 16.6. The van der Waals surface area contributed by atoms with E-state index in [9.17, 15) is 14.9 Å². The molecule has 0 heterocycles. The maximum absolute atomic E-state index is 10.5. The van der Waals surface area contributed by atoms with Crippen LogP contribution >= 0.6 is 0 Å². The van der Waals surface area contributed by atoms with Gasteiger partial charge in [0.25, 0.3) is 5.69 Å². The minimum Gasteiger partial charge on any atom is -0.478 e. The number of nitro benzene ring substituents is 1. The normalized spacial score (nSPS) is 11.0. The van der Waals surface area contributed by atoms with E-state index in [1.807, 2.05) is 0 Å². The zero-order valence-electron chi connectivity index (χ0n) is 12.5. The van der Waals surface area contributed by atoms with E-state index in [0.717, 1.165) is 22.8 Å². The van der Waals surface area contributed by atoms with Crippen LogP contribution in [0.25, 0.3) is 6.08 Å². The maximum atomic E-state index is 10.5. The van der Waals surface area contributed by atoms with Crippen molar-refractivity contribution in [1.29, 1.82) is 0 Å². The van der Waals surface area contributed by atoms with Gasteiger partial charge < -0.3 is 9.94 Å². The molecule has 1 N–H and O–H groups in total. The van der Waals surface area contributed by atoms with Crippen molar-refractivity contribution in [1.82, 2.24) is 0 Å². The van der Waals surface area contributed by atoms with Crippen molar-refractivity contribution in [2.45, 2.75) is 6.61 Å². The van der Waals surface area contributed by atoms with E-state index in [1.165, 1.54) is 24.4 Å². The van der Waals surface area contributed by atoms with Crippen LogP contribution in [-0.4, -0.2) is 22.2 Å². The molecule has 0 aliphatic rings. The van der Waals surface area contributed by atoms with Gasteiger partial charge in [-0.3, -0.25) is 10.1 Å². The average molecular weight is 326 g/mol. The molecule has 7 nitrogen and oxygen atoms in total. The molecule has 0 saturated heterocycles. The summed E-state index contributed by atoms with van der Waals surface area (Å²) in [6.07, 6.45) is 4.08. The van der Waals surface area contributed by atoms with Crippen molar-refractivity contribution in [3.63, 3.8) is 0 Å². The van der Waals surface area contributed by atoms with Crippen molar-refractivity contribution >= 4 is 23.9 Å². The summed E-state index contributed by atoms with van der Waals surface area (Å²) < 4.78 is 0. The Hall–Kier alpha value is -3.48. The van der Waals surface area contributed by atoms with E-state index in [0.29, 0.717) is 0 Å². The largest absolute Gasteiger partial charge is 0.478 e. The van der Waals surface area contributed by atoms with E-state index < -0.39 is 10.9 Å². The topological polar surface area (TPSA) is 102 Å². The number of nitro groups is 1. The highest BCUT2D eigenvalue weighted by molar-refractivity contribution is 5.85. The molecule has 0 atom stereocenters. The second-order valence-electron chi connectivity index (χ2n) is 4.77. The second-order valence-corrected chi connectivity index (χ2v) is 4.77. The number of carbonyl (C=O) groups is 1. The molecule has 0 aromatic heterocycles. The van der Waals surface area contributed by atoms with Gasteiger partial charge in [0.2, 0.25) is 0 Å². The molecule has 0 amide bonds. The van der Waals surface area contributed by atoms with Crippen LogP contribution in [0.5, 0.6) is 0 Å². The van der Waals surface area contributed by atoms with Gasteiger partial charge in [0.1, 0.15) is 6.61 Å². The Labute approximate surface area is 137 Å². The van der Waals surface area contributed by atoms with E-state index in [-0.39, 0.29) is 12.3 Å². The van der Waals surface area contributed by atoms with Crippen LogP contribution in [0.1, 0.15) is 16.7 Å². The first-order valence-electron chi connectivity index (χ1n) is 6.94. The van der Waals surface area contributed by atoms with Crippen LogP contribution in [0.15, 0.2) is 59.8 Å². The molecule has 2 rings (SSSR count). The van der Waals surface area contributed by atoms with Crippen LogP contribution in [0.4, 0.5) is 5.69 Å². The lowest BCUT2D eigenvalue weighted by molar-refractivity contribution is -0.384. The Balaban J connectivity index is 1.85. The average Bonchev–Trinajstić information content (AvgIpc) is 2.58. The number of benzene rings is 2. The van der Waals surface area contributed by atoms with Gasteiger partial charge in [0.05, 0.1) is 11.1 Å². The molecule has 0 saturated carbocycles. The fourth-order valence-corrected chi connectivity index (χ4v) is 1.78. The fraction of sp³-hybridized carbons (Fsp3) is 0.0588. The quantitative estimate of drug-likeness (QED) is 0.364. The van der Waals surface area contributed by atoms with Crippen LogP contribution in [-0.2, 0) is 16.2 Å². The van der Waals surface area contributed by atoms with E-state index in [1.54, 1.807) is 36.4 Å². The van der Waals surface area contributed by atoms with Gasteiger partial charge in [0.15, 0.2) is 0 Å². The van der Waals surface area contributed by atoms with Crippen LogP contribution in [0.2, 0.25) is 0 Å². The summed E-state index contributed by atoms with van der Waals surface area (Å²) in [5, 5.41) is 22.9. The third-order valence-corrected chi connectivity index (χ3v) is 3.01. The van der Waals surface area contributed by atoms with E-state index in [2.05, 4.69) is 5.16 Å². The molecule has 24 heavy (non-hydrogen) atoms. The summed E-state index contributed by atoms with van der Waals surface area (Å²) in [5.41, 5.74) is 2.36. The van der Waals surface area contributed by atoms with Gasteiger partial charge in [-0.15, -0.1) is 0 Å². The van der Waals surface area contributed by atoms with Gasteiger partial charge in [-0.2, -0.15) is 0 Å². The van der Waals surface area contributed by atoms with Gasteiger partial charge in [-0.05, 0) is 34.9 Å². The number of aliphatic carboxylic acids is 1. The minimum atomic E-state index is -1.000. The Morgan fingerprint density at radius 2 is 1.75 bits per heavy atom. The van der Waals surface area contributed by atoms with Gasteiger partial charge in [-0.1, -0.05) is 29.4 Å². The number of hydrogen-bond donors (Lipinski definition) is 1. The van der Waals surface area contributed by atoms with Crippen molar-refractivity contribution in [2.75, 3.05) is 0 Å². The Bertz CT molecular complexity index is 765. The summed E-state index contributed by atoms with van der Waals surface area (Å²) >= 11 is 0. The monoisotopic (exact) mass is 326 g/mol. The standard InChI is InChI=1S/C17H14N2O5/c20-17(21)10-7-13-1-3-14(4-2-13)11-18-24-12-15-5-8-16(9-6-15)19(22)23/h1-11H,12H2,(H,20,21)/b10-7+,18-11?. The molecule has 0 aliphatic heterocycles. The number of oxime groups is 1. The van der Waals surface area contributed by atoms with Crippen LogP contribution in [0.3, 0.4) is 0 Å². The summed E-state index contributed by atoms with van der Waals surface area (Å²) in [7, 11) is 0. The first-order valence-corrected chi connectivity index (χ1v) is 6.94. The molecule has 2 aromatic rings. The molecule has 0 radical (unpaired) electrons. The molecular formula is C17H14N2O5. The lowest BCUT2D eigenvalue weighted by Gasteiger charge is -2.00. The van der Waals surface area contributed by atoms with Crippen molar-refractivity contribution in [2.24, 2.45) is 5.16 Å². The van der Waals surface area contributed by atoms with Crippen LogP contribution < -0.4 is 0 Å². The molecule has 7 heteroatoms. The Morgan fingerprint density at radius 3 is 2.33 bits per heavy atom. The van der Waals surface area contributed by atoms with Crippen molar-refractivity contribution < 1.29 is 19.7 Å². The molecule has 0 unspecified atom stereocenters. The molecule has 0 bridgehead atoms. The van der Waals surface area contributed by atoms with Gasteiger partial charge in [-0.25, -0.2) is 4.79 Å². The lowest BCUT2D eigenvalue weighted by Crippen LogP contribution is -1.91. The second kappa shape index (κ2) is 8.23. The van der Waals surface area contributed by atoms with E-state index in [4.69, 9.17) is 9.94 Å². The number of carboxylic acid groups (broad SMARTS) is 1.